The molecule has 0 amide bonds. The lowest BCUT2D eigenvalue weighted by atomic mass is 10.0. The maximum Gasteiger partial charge on any atom is 0.0756 e. The van der Waals surface area contributed by atoms with Crippen molar-refractivity contribution in [3.63, 3.8) is 0 Å². The predicted molar refractivity (Wildman–Crippen MR) is 69.2 cm³/mol. The molecule has 0 saturated carbocycles. The molecule has 0 bridgehead atoms. The number of hydrogen-bond acceptors (Lipinski definition) is 2. The number of nitrogens with zero attached hydrogens (tertiary/aromatic N) is 2. The summed E-state index contributed by atoms with van der Waals surface area (Å²) < 4.78 is 0. The van der Waals surface area contributed by atoms with Crippen LogP contribution in [0.15, 0.2) is 59.9 Å². The molecule has 3 rings (SSSR count). The first kappa shape index (κ1) is 10.2. The zero-order chi connectivity index (χ0) is 11.5. The van der Waals surface area contributed by atoms with Gasteiger partial charge in [0.2, 0.25) is 0 Å². The van der Waals surface area contributed by atoms with Crippen molar-refractivity contribution in [1.29, 1.82) is 0 Å². The van der Waals surface area contributed by atoms with E-state index in [1.54, 1.807) is 6.20 Å². The molecule has 0 saturated heterocycles. The molecule has 84 valence electrons. The van der Waals surface area contributed by atoms with Gasteiger partial charge in [-0.05, 0) is 24.5 Å². The SMILES string of the molecule is c1ccc([C@@H]2CCC(c3cccnc3)=N2)cc1. The van der Waals surface area contributed by atoms with Crippen LogP contribution in [-0.4, -0.2) is 10.7 Å². The van der Waals surface area contributed by atoms with E-state index in [0.717, 1.165) is 18.4 Å². The molecule has 0 N–H and O–H groups in total. The molecule has 1 atom stereocenters. The van der Waals surface area contributed by atoms with E-state index in [2.05, 4.69) is 35.3 Å². The molecule has 0 spiro atoms. The summed E-state index contributed by atoms with van der Waals surface area (Å²) in [5.41, 5.74) is 3.66. The third-order valence-corrected chi connectivity index (χ3v) is 3.15. The minimum atomic E-state index is 0.325. The summed E-state index contributed by atoms with van der Waals surface area (Å²) in [5.74, 6) is 0. The van der Waals surface area contributed by atoms with Crippen LogP contribution >= 0.6 is 0 Å². The maximum atomic E-state index is 4.81. The standard InChI is InChI=1S/C15H14N2/c1-2-5-12(6-3-1)14-8-9-15(17-14)13-7-4-10-16-11-13/h1-7,10-11,14H,8-9H2/t14-/m0/s1. The number of aromatic nitrogens is 1. The largest absolute Gasteiger partial charge is 0.281 e. The lowest BCUT2D eigenvalue weighted by molar-refractivity contribution is 0.723. The number of aliphatic imine (C=N–C) groups is 1. The first-order valence-corrected chi connectivity index (χ1v) is 5.95. The van der Waals surface area contributed by atoms with Crippen LogP contribution in [-0.2, 0) is 0 Å². The van der Waals surface area contributed by atoms with Crippen LogP contribution in [0.25, 0.3) is 0 Å². The Morgan fingerprint density at radius 2 is 1.88 bits per heavy atom. The Balaban J connectivity index is 1.87. The molecule has 1 aromatic carbocycles. The molecule has 1 aromatic heterocycles. The highest BCUT2D eigenvalue weighted by Gasteiger charge is 2.19. The van der Waals surface area contributed by atoms with E-state index < -0.39 is 0 Å². The summed E-state index contributed by atoms with van der Waals surface area (Å²) in [6, 6.07) is 14.9. The fraction of sp³-hybridized carbons (Fsp3) is 0.200. The van der Waals surface area contributed by atoms with Crippen LogP contribution < -0.4 is 0 Å². The molecule has 17 heavy (non-hydrogen) atoms. The third kappa shape index (κ3) is 2.11. The molecule has 1 aliphatic rings. The van der Waals surface area contributed by atoms with Gasteiger partial charge in [0.05, 0.1) is 6.04 Å². The van der Waals surface area contributed by atoms with Gasteiger partial charge in [-0.1, -0.05) is 36.4 Å². The molecule has 2 heterocycles. The van der Waals surface area contributed by atoms with Gasteiger partial charge in [-0.25, -0.2) is 0 Å². The zero-order valence-corrected chi connectivity index (χ0v) is 9.58. The molecule has 0 radical (unpaired) electrons. The van der Waals surface area contributed by atoms with Crippen LogP contribution in [0.1, 0.15) is 30.0 Å². The van der Waals surface area contributed by atoms with Gasteiger partial charge in [-0.15, -0.1) is 0 Å². The highest BCUT2D eigenvalue weighted by Crippen LogP contribution is 2.30. The fourth-order valence-electron chi connectivity index (χ4n) is 2.26. The number of rotatable bonds is 2. The van der Waals surface area contributed by atoms with Crippen LogP contribution in [0.4, 0.5) is 0 Å². The second-order valence-corrected chi connectivity index (χ2v) is 4.28. The molecular weight excluding hydrogens is 208 g/mol. The Morgan fingerprint density at radius 3 is 2.65 bits per heavy atom. The van der Waals surface area contributed by atoms with Crippen molar-refractivity contribution in [3.05, 3.63) is 66.0 Å². The summed E-state index contributed by atoms with van der Waals surface area (Å²) in [7, 11) is 0. The topological polar surface area (TPSA) is 25.2 Å². The molecular formula is C15H14N2. The molecule has 1 aliphatic heterocycles. The van der Waals surface area contributed by atoms with E-state index in [1.165, 1.54) is 11.3 Å². The maximum absolute atomic E-state index is 4.81. The van der Waals surface area contributed by atoms with Crippen LogP contribution in [0.3, 0.4) is 0 Å². The molecule has 2 heteroatoms. The van der Waals surface area contributed by atoms with E-state index in [9.17, 15) is 0 Å². The van der Waals surface area contributed by atoms with Crippen LogP contribution in [0.2, 0.25) is 0 Å². The second kappa shape index (κ2) is 4.50. The van der Waals surface area contributed by atoms with E-state index >= 15 is 0 Å². The lowest BCUT2D eigenvalue weighted by Crippen LogP contribution is -1.95. The summed E-state index contributed by atoms with van der Waals surface area (Å²) in [6.07, 6.45) is 5.85. The van der Waals surface area contributed by atoms with E-state index in [4.69, 9.17) is 4.99 Å². The molecule has 0 unspecified atom stereocenters. The Hall–Kier alpha value is -1.96. The van der Waals surface area contributed by atoms with Crippen molar-refractivity contribution in [3.8, 4) is 0 Å². The van der Waals surface area contributed by atoms with Gasteiger partial charge in [-0.3, -0.25) is 9.98 Å². The summed E-state index contributed by atoms with van der Waals surface area (Å²) in [4.78, 5) is 8.95. The number of benzene rings is 1. The van der Waals surface area contributed by atoms with Crippen molar-refractivity contribution in [1.82, 2.24) is 4.98 Å². The first-order chi connectivity index (χ1) is 8.43. The van der Waals surface area contributed by atoms with Crippen molar-refractivity contribution in [2.45, 2.75) is 18.9 Å². The average molecular weight is 222 g/mol. The van der Waals surface area contributed by atoms with Crippen molar-refractivity contribution in [2.75, 3.05) is 0 Å². The number of pyridine rings is 1. The Kier molecular flexibility index (Phi) is 2.70. The van der Waals surface area contributed by atoms with Crippen LogP contribution in [0.5, 0.6) is 0 Å². The molecule has 2 nitrogen and oxygen atoms in total. The quantitative estimate of drug-likeness (QED) is 0.764. The van der Waals surface area contributed by atoms with Gasteiger partial charge in [0, 0.05) is 23.7 Å². The summed E-state index contributed by atoms with van der Waals surface area (Å²) >= 11 is 0. The van der Waals surface area contributed by atoms with Gasteiger partial charge < -0.3 is 0 Å². The van der Waals surface area contributed by atoms with Crippen molar-refractivity contribution in [2.24, 2.45) is 4.99 Å². The minimum Gasteiger partial charge on any atom is -0.281 e. The van der Waals surface area contributed by atoms with Crippen molar-refractivity contribution >= 4 is 5.71 Å². The van der Waals surface area contributed by atoms with E-state index in [-0.39, 0.29) is 0 Å². The zero-order valence-electron chi connectivity index (χ0n) is 9.58. The fourth-order valence-corrected chi connectivity index (χ4v) is 2.26. The Bertz CT molecular complexity index is 517. The molecule has 0 fully saturated rings. The highest BCUT2D eigenvalue weighted by atomic mass is 14.8. The minimum absolute atomic E-state index is 0.325. The predicted octanol–water partition coefficient (Wildman–Crippen LogP) is 3.41. The average Bonchev–Trinajstić information content (AvgIpc) is 2.90. The van der Waals surface area contributed by atoms with Gasteiger partial charge >= 0.3 is 0 Å². The normalized spacial score (nSPS) is 19.1. The van der Waals surface area contributed by atoms with Gasteiger partial charge in [0.25, 0.3) is 0 Å². The summed E-state index contributed by atoms with van der Waals surface area (Å²) in [6.45, 7) is 0. The van der Waals surface area contributed by atoms with Gasteiger partial charge in [0.15, 0.2) is 0 Å². The first-order valence-electron chi connectivity index (χ1n) is 5.95. The van der Waals surface area contributed by atoms with E-state index in [1.807, 2.05) is 18.3 Å². The second-order valence-electron chi connectivity index (χ2n) is 4.28. The highest BCUT2D eigenvalue weighted by molar-refractivity contribution is 6.01. The van der Waals surface area contributed by atoms with Crippen molar-refractivity contribution < 1.29 is 0 Å². The van der Waals surface area contributed by atoms with Crippen LogP contribution in [0, 0.1) is 0 Å². The Labute approximate surface area is 101 Å². The third-order valence-electron chi connectivity index (χ3n) is 3.15. The number of hydrogen-bond donors (Lipinski definition) is 0. The smallest absolute Gasteiger partial charge is 0.0756 e. The lowest BCUT2D eigenvalue weighted by Gasteiger charge is -2.05. The summed E-state index contributed by atoms with van der Waals surface area (Å²) in [5, 5.41) is 0. The molecule has 2 aromatic rings. The van der Waals surface area contributed by atoms with E-state index in [0.29, 0.717) is 6.04 Å². The van der Waals surface area contributed by atoms with Gasteiger partial charge in [-0.2, -0.15) is 0 Å². The van der Waals surface area contributed by atoms with Gasteiger partial charge in [0.1, 0.15) is 0 Å². The Morgan fingerprint density at radius 1 is 1.00 bits per heavy atom. The monoisotopic (exact) mass is 222 g/mol. The molecule has 0 aliphatic carbocycles.